The van der Waals surface area contributed by atoms with E-state index in [-0.39, 0.29) is 18.6 Å². The van der Waals surface area contributed by atoms with E-state index in [4.69, 9.17) is 21.1 Å². The van der Waals surface area contributed by atoms with Gasteiger partial charge in [0.15, 0.2) is 6.61 Å². The predicted octanol–water partition coefficient (Wildman–Crippen LogP) is 3.38. The normalized spacial score (nSPS) is 16.1. The molecular weight excluding hydrogens is 302 g/mol. The summed E-state index contributed by atoms with van der Waals surface area (Å²) in [6.45, 7) is 6.63. The van der Waals surface area contributed by atoms with Gasteiger partial charge in [0, 0.05) is 24.7 Å². The summed E-state index contributed by atoms with van der Waals surface area (Å²) in [7, 11) is 0. The van der Waals surface area contributed by atoms with Crippen molar-refractivity contribution < 1.29 is 14.3 Å². The lowest BCUT2D eigenvalue weighted by molar-refractivity contribution is -0.136. The molecule has 1 aromatic carbocycles. The van der Waals surface area contributed by atoms with Crippen molar-refractivity contribution in [3.05, 3.63) is 29.3 Å². The molecule has 1 amide bonds. The van der Waals surface area contributed by atoms with Crippen LogP contribution in [0.5, 0.6) is 5.75 Å². The largest absolute Gasteiger partial charge is 0.484 e. The van der Waals surface area contributed by atoms with Crippen LogP contribution in [0.25, 0.3) is 0 Å². The lowest BCUT2D eigenvalue weighted by Crippen LogP contribution is -2.43. The van der Waals surface area contributed by atoms with Gasteiger partial charge in [-0.3, -0.25) is 4.79 Å². The molecule has 122 valence electrons. The average molecular weight is 326 g/mol. The summed E-state index contributed by atoms with van der Waals surface area (Å²) in [5.41, 5.74) is 0. The molecule has 2 rings (SSSR count). The van der Waals surface area contributed by atoms with Gasteiger partial charge in [-0.05, 0) is 43.0 Å². The Kier molecular flexibility index (Phi) is 6.52. The number of carbonyl (C=O) groups excluding carboxylic acids is 1. The second kappa shape index (κ2) is 8.39. The molecule has 1 aromatic rings. The van der Waals surface area contributed by atoms with Crippen LogP contribution in [-0.2, 0) is 9.53 Å². The van der Waals surface area contributed by atoms with E-state index in [0.29, 0.717) is 16.7 Å². The summed E-state index contributed by atoms with van der Waals surface area (Å²) in [6.07, 6.45) is 2.09. The van der Waals surface area contributed by atoms with Gasteiger partial charge in [-0.1, -0.05) is 25.4 Å². The number of piperidine rings is 1. The van der Waals surface area contributed by atoms with E-state index in [1.165, 1.54) is 0 Å². The number of hydrogen-bond donors (Lipinski definition) is 0. The fourth-order valence-corrected chi connectivity index (χ4v) is 2.49. The zero-order valence-electron chi connectivity index (χ0n) is 13.3. The molecule has 0 spiro atoms. The lowest BCUT2D eigenvalue weighted by Gasteiger charge is -2.32. The molecule has 0 aromatic heterocycles. The Morgan fingerprint density at radius 2 is 1.91 bits per heavy atom. The molecule has 1 fully saturated rings. The maximum atomic E-state index is 12.1. The molecule has 4 nitrogen and oxygen atoms in total. The number of nitrogens with zero attached hydrogens (tertiary/aromatic N) is 1. The van der Waals surface area contributed by atoms with Gasteiger partial charge in [0.1, 0.15) is 5.75 Å². The summed E-state index contributed by atoms with van der Waals surface area (Å²) in [4.78, 5) is 14.0. The predicted molar refractivity (Wildman–Crippen MR) is 87.3 cm³/mol. The Morgan fingerprint density at radius 3 is 2.50 bits per heavy atom. The van der Waals surface area contributed by atoms with Crippen molar-refractivity contribution in [2.75, 3.05) is 26.3 Å². The molecule has 0 bridgehead atoms. The van der Waals surface area contributed by atoms with Crippen LogP contribution < -0.4 is 4.74 Å². The molecule has 22 heavy (non-hydrogen) atoms. The van der Waals surface area contributed by atoms with Gasteiger partial charge in [-0.25, -0.2) is 0 Å². The first kappa shape index (κ1) is 17.1. The van der Waals surface area contributed by atoms with Gasteiger partial charge in [0.2, 0.25) is 0 Å². The first-order chi connectivity index (χ1) is 10.5. The highest BCUT2D eigenvalue weighted by Gasteiger charge is 2.23. The Bertz CT molecular complexity index is 467. The molecule has 0 unspecified atom stereocenters. The van der Waals surface area contributed by atoms with Crippen LogP contribution in [-0.4, -0.2) is 43.2 Å². The summed E-state index contributed by atoms with van der Waals surface area (Å²) in [5, 5.41) is 0.655. The average Bonchev–Trinajstić information content (AvgIpc) is 2.52. The SMILES string of the molecule is CC(C)COC1CCN(C(=O)COc2ccc(Cl)cc2)CC1. The van der Waals surface area contributed by atoms with Gasteiger partial charge < -0.3 is 14.4 Å². The van der Waals surface area contributed by atoms with Crippen LogP contribution in [0.15, 0.2) is 24.3 Å². The Hall–Kier alpha value is -1.26. The van der Waals surface area contributed by atoms with E-state index < -0.39 is 0 Å². The van der Waals surface area contributed by atoms with Gasteiger partial charge in [0.25, 0.3) is 5.91 Å². The molecule has 0 aliphatic carbocycles. The minimum absolute atomic E-state index is 0.0252. The first-order valence-electron chi connectivity index (χ1n) is 7.82. The van der Waals surface area contributed by atoms with E-state index >= 15 is 0 Å². The van der Waals surface area contributed by atoms with Crippen molar-refractivity contribution in [2.24, 2.45) is 5.92 Å². The van der Waals surface area contributed by atoms with Crippen molar-refractivity contribution >= 4 is 17.5 Å². The zero-order valence-corrected chi connectivity index (χ0v) is 14.0. The fraction of sp³-hybridized carbons (Fsp3) is 0.588. The number of halogens is 1. The molecular formula is C17H24ClNO3. The van der Waals surface area contributed by atoms with E-state index in [2.05, 4.69) is 13.8 Å². The number of hydrogen-bond acceptors (Lipinski definition) is 3. The van der Waals surface area contributed by atoms with E-state index in [0.717, 1.165) is 32.5 Å². The number of carbonyl (C=O) groups is 1. The smallest absolute Gasteiger partial charge is 0.260 e. The standard InChI is InChI=1S/C17H24ClNO3/c1-13(2)11-21-16-7-9-19(10-8-16)17(20)12-22-15-5-3-14(18)4-6-15/h3-6,13,16H,7-12H2,1-2H3. The number of likely N-dealkylation sites (tertiary alicyclic amines) is 1. The van der Waals surface area contributed by atoms with Crippen LogP contribution in [0.4, 0.5) is 0 Å². The van der Waals surface area contributed by atoms with Crippen LogP contribution in [0, 0.1) is 5.92 Å². The third-order valence-corrected chi connectivity index (χ3v) is 3.89. The van der Waals surface area contributed by atoms with Crippen molar-refractivity contribution in [3.8, 4) is 5.75 Å². The molecule has 0 radical (unpaired) electrons. The van der Waals surface area contributed by atoms with Crippen LogP contribution >= 0.6 is 11.6 Å². The van der Waals surface area contributed by atoms with Gasteiger partial charge in [-0.15, -0.1) is 0 Å². The number of benzene rings is 1. The maximum absolute atomic E-state index is 12.1. The molecule has 1 aliphatic rings. The molecule has 1 aliphatic heterocycles. The van der Waals surface area contributed by atoms with Crippen LogP contribution in [0.2, 0.25) is 5.02 Å². The summed E-state index contributed by atoms with van der Waals surface area (Å²) >= 11 is 5.81. The minimum Gasteiger partial charge on any atom is -0.484 e. The quantitative estimate of drug-likeness (QED) is 0.804. The van der Waals surface area contributed by atoms with Crippen molar-refractivity contribution in [3.63, 3.8) is 0 Å². The van der Waals surface area contributed by atoms with Gasteiger partial charge in [0.05, 0.1) is 6.10 Å². The van der Waals surface area contributed by atoms with E-state index in [9.17, 15) is 4.79 Å². The van der Waals surface area contributed by atoms with Gasteiger partial charge in [-0.2, -0.15) is 0 Å². The number of ether oxygens (including phenoxy) is 2. The number of amides is 1. The van der Waals surface area contributed by atoms with Crippen LogP contribution in [0.1, 0.15) is 26.7 Å². The second-order valence-corrected chi connectivity index (χ2v) is 6.49. The molecule has 5 heteroatoms. The monoisotopic (exact) mass is 325 g/mol. The molecule has 1 heterocycles. The van der Waals surface area contributed by atoms with Gasteiger partial charge >= 0.3 is 0 Å². The molecule has 1 saturated heterocycles. The molecule has 0 atom stereocenters. The maximum Gasteiger partial charge on any atom is 0.260 e. The van der Waals surface area contributed by atoms with Crippen molar-refractivity contribution in [1.29, 1.82) is 0 Å². The van der Waals surface area contributed by atoms with E-state index in [1.807, 2.05) is 4.90 Å². The minimum atomic E-state index is 0.0252. The topological polar surface area (TPSA) is 38.8 Å². The fourth-order valence-electron chi connectivity index (χ4n) is 2.37. The third kappa shape index (κ3) is 5.50. The van der Waals surface area contributed by atoms with Crippen LogP contribution in [0.3, 0.4) is 0 Å². The summed E-state index contributed by atoms with van der Waals surface area (Å²) in [6, 6.07) is 7.03. The lowest BCUT2D eigenvalue weighted by atomic mass is 10.1. The Morgan fingerprint density at radius 1 is 1.27 bits per heavy atom. The third-order valence-electron chi connectivity index (χ3n) is 3.64. The summed E-state index contributed by atoms with van der Waals surface area (Å²) in [5.74, 6) is 1.23. The van der Waals surface area contributed by atoms with Crippen molar-refractivity contribution in [1.82, 2.24) is 4.90 Å². The Balaban J connectivity index is 1.69. The first-order valence-corrected chi connectivity index (χ1v) is 8.20. The highest BCUT2D eigenvalue weighted by Crippen LogP contribution is 2.17. The number of rotatable bonds is 6. The summed E-state index contributed by atoms with van der Waals surface area (Å²) < 4.78 is 11.3. The van der Waals surface area contributed by atoms with Crippen molar-refractivity contribution in [2.45, 2.75) is 32.8 Å². The molecule has 0 N–H and O–H groups in total. The highest BCUT2D eigenvalue weighted by atomic mass is 35.5. The Labute approximate surface area is 137 Å². The molecule has 0 saturated carbocycles. The second-order valence-electron chi connectivity index (χ2n) is 6.05. The van der Waals surface area contributed by atoms with E-state index in [1.54, 1.807) is 24.3 Å². The highest BCUT2D eigenvalue weighted by molar-refractivity contribution is 6.30. The zero-order chi connectivity index (χ0) is 15.9.